The van der Waals surface area contributed by atoms with E-state index in [1.807, 2.05) is 11.8 Å². The molecular formula is C19H35N3O4. The summed E-state index contributed by atoms with van der Waals surface area (Å²) < 4.78 is 10.9. The Morgan fingerprint density at radius 1 is 1.23 bits per heavy atom. The molecule has 2 fully saturated rings. The van der Waals surface area contributed by atoms with Crippen molar-refractivity contribution in [1.29, 1.82) is 0 Å². The number of rotatable bonds is 8. The van der Waals surface area contributed by atoms with Crippen molar-refractivity contribution in [3.8, 4) is 0 Å². The van der Waals surface area contributed by atoms with Gasteiger partial charge in [-0.3, -0.25) is 19.4 Å². The van der Waals surface area contributed by atoms with Crippen molar-refractivity contribution in [2.45, 2.75) is 39.7 Å². The molecule has 2 aliphatic rings. The Morgan fingerprint density at radius 3 is 2.77 bits per heavy atom. The van der Waals surface area contributed by atoms with Crippen LogP contribution in [0.25, 0.3) is 0 Å². The van der Waals surface area contributed by atoms with Crippen LogP contribution in [0, 0.1) is 11.8 Å². The van der Waals surface area contributed by atoms with Crippen LogP contribution in [0.1, 0.15) is 33.6 Å². The normalized spacial score (nSPS) is 25.2. The molecule has 7 heteroatoms. The van der Waals surface area contributed by atoms with E-state index in [4.69, 9.17) is 9.47 Å². The standard InChI is InChI=1S/C19H35N3O4/c1-4-25-19(24)16-6-5-7-21(12-16)14-18(23)20-10-17-13-22(8-9-26-17)11-15(2)3/h15-17H,4-14H2,1-3H3,(H,20,23). The molecule has 2 unspecified atom stereocenters. The molecule has 2 rings (SSSR count). The molecule has 0 aromatic carbocycles. The number of piperidine rings is 1. The third kappa shape index (κ3) is 7.21. The van der Waals surface area contributed by atoms with Crippen molar-refractivity contribution in [2.75, 3.05) is 59.0 Å². The fourth-order valence-corrected chi connectivity index (χ4v) is 3.72. The molecule has 2 heterocycles. The van der Waals surface area contributed by atoms with E-state index in [0.717, 1.165) is 45.6 Å². The van der Waals surface area contributed by atoms with Gasteiger partial charge in [0.25, 0.3) is 0 Å². The van der Waals surface area contributed by atoms with Crippen LogP contribution in [0.2, 0.25) is 0 Å². The number of carbonyl (C=O) groups excluding carboxylic acids is 2. The Labute approximate surface area is 157 Å². The van der Waals surface area contributed by atoms with Gasteiger partial charge < -0.3 is 14.8 Å². The van der Waals surface area contributed by atoms with Crippen LogP contribution in [0.3, 0.4) is 0 Å². The molecule has 150 valence electrons. The molecule has 0 spiro atoms. The molecule has 2 atom stereocenters. The molecular weight excluding hydrogens is 334 g/mol. The first kappa shape index (κ1) is 21.1. The Bertz CT molecular complexity index is 458. The van der Waals surface area contributed by atoms with Crippen LogP contribution in [-0.2, 0) is 19.1 Å². The van der Waals surface area contributed by atoms with Gasteiger partial charge in [-0.1, -0.05) is 13.8 Å². The predicted octanol–water partition coefficient (Wildman–Crippen LogP) is 0.735. The van der Waals surface area contributed by atoms with Gasteiger partial charge in [-0.25, -0.2) is 0 Å². The fourth-order valence-electron chi connectivity index (χ4n) is 3.72. The zero-order valence-corrected chi connectivity index (χ0v) is 16.5. The van der Waals surface area contributed by atoms with E-state index >= 15 is 0 Å². The van der Waals surface area contributed by atoms with Crippen LogP contribution in [0.4, 0.5) is 0 Å². The summed E-state index contributed by atoms with van der Waals surface area (Å²) in [6.45, 7) is 12.6. The van der Waals surface area contributed by atoms with E-state index in [9.17, 15) is 9.59 Å². The van der Waals surface area contributed by atoms with Crippen LogP contribution >= 0.6 is 0 Å². The SMILES string of the molecule is CCOC(=O)C1CCCN(CC(=O)NCC2CN(CC(C)C)CCO2)C1. The van der Waals surface area contributed by atoms with Crippen LogP contribution in [0.15, 0.2) is 0 Å². The van der Waals surface area contributed by atoms with E-state index in [2.05, 4.69) is 24.1 Å². The Kier molecular flexibility index (Phi) is 8.81. The molecule has 1 amide bonds. The number of esters is 1. The first-order valence-corrected chi connectivity index (χ1v) is 9.97. The van der Waals surface area contributed by atoms with Crippen LogP contribution < -0.4 is 5.32 Å². The summed E-state index contributed by atoms with van der Waals surface area (Å²) in [5, 5.41) is 2.99. The maximum atomic E-state index is 12.3. The summed E-state index contributed by atoms with van der Waals surface area (Å²) in [7, 11) is 0. The molecule has 0 saturated carbocycles. The van der Waals surface area contributed by atoms with E-state index in [-0.39, 0.29) is 23.9 Å². The second kappa shape index (κ2) is 10.8. The number of hydrogen-bond acceptors (Lipinski definition) is 6. The summed E-state index contributed by atoms with van der Waals surface area (Å²) in [6.07, 6.45) is 1.82. The number of morpholine rings is 1. The smallest absolute Gasteiger partial charge is 0.310 e. The zero-order chi connectivity index (χ0) is 18.9. The van der Waals surface area contributed by atoms with Crippen LogP contribution in [0.5, 0.6) is 0 Å². The van der Waals surface area contributed by atoms with Crippen molar-refractivity contribution in [2.24, 2.45) is 11.8 Å². The number of carbonyl (C=O) groups is 2. The van der Waals surface area contributed by atoms with Gasteiger partial charge in [-0.15, -0.1) is 0 Å². The summed E-state index contributed by atoms with van der Waals surface area (Å²) in [5.74, 6) is 0.384. The lowest BCUT2D eigenvalue weighted by Crippen LogP contribution is -2.50. The number of amides is 1. The van der Waals surface area contributed by atoms with Crippen molar-refractivity contribution >= 4 is 11.9 Å². The third-order valence-electron chi connectivity index (χ3n) is 4.87. The highest BCUT2D eigenvalue weighted by Gasteiger charge is 2.28. The number of likely N-dealkylation sites (tertiary alicyclic amines) is 1. The average Bonchev–Trinajstić information content (AvgIpc) is 2.60. The molecule has 2 saturated heterocycles. The minimum atomic E-state index is -0.140. The van der Waals surface area contributed by atoms with Gasteiger partial charge in [0, 0.05) is 32.7 Å². The molecule has 26 heavy (non-hydrogen) atoms. The number of nitrogens with zero attached hydrogens (tertiary/aromatic N) is 2. The highest BCUT2D eigenvalue weighted by Crippen LogP contribution is 2.17. The maximum Gasteiger partial charge on any atom is 0.310 e. The number of ether oxygens (including phenoxy) is 2. The summed E-state index contributed by atoms with van der Waals surface area (Å²) in [4.78, 5) is 28.6. The van der Waals surface area contributed by atoms with Crippen molar-refractivity contribution in [1.82, 2.24) is 15.1 Å². The van der Waals surface area contributed by atoms with E-state index in [1.54, 1.807) is 0 Å². The molecule has 1 N–H and O–H groups in total. The molecule has 0 aromatic rings. The molecule has 0 aromatic heterocycles. The van der Waals surface area contributed by atoms with Gasteiger partial charge in [0.2, 0.25) is 5.91 Å². The lowest BCUT2D eigenvalue weighted by molar-refractivity contribution is -0.150. The van der Waals surface area contributed by atoms with E-state index in [1.165, 1.54) is 0 Å². The lowest BCUT2D eigenvalue weighted by Gasteiger charge is -2.34. The van der Waals surface area contributed by atoms with Gasteiger partial charge in [0.15, 0.2) is 0 Å². The first-order chi connectivity index (χ1) is 12.5. The molecule has 0 aliphatic carbocycles. The third-order valence-corrected chi connectivity index (χ3v) is 4.87. The first-order valence-electron chi connectivity index (χ1n) is 9.97. The number of nitrogens with one attached hydrogen (secondary N) is 1. The van der Waals surface area contributed by atoms with Gasteiger partial charge in [-0.05, 0) is 32.2 Å². The Balaban J connectivity index is 1.69. The second-order valence-electron chi connectivity index (χ2n) is 7.78. The molecule has 2 aliphatic heterocycles. The minimum absolute atomic E-state index is 0.000841. The maximum absolute atomic E-state index is 12.3. The molecule has 7 nitrogen and oxygen atoms in total. The van der Waals surface area contributed by atoms with Gasteiger partial charge in [0.05, 0.1) is 31.8 Å². The summed E-state index contributed by atoms with van der Waals surface area (Å²) in [6, 6.07) is 0. The lowest BCUT2D eigenvalue weighted by atomic mass is 9.98. The fraction of sp³-hybridized carbons (Fsp3) is 0.895. The van der Waals surface area contributed by atoms with Crippen molar-refractivity contribution in [3.05, 3.63) is 0 Å². The Morgan fingerprint density at radius 2 is 2.04 bits per heavy atom. The Hall–Kier alpha value is -1.18. The second-order valence-corrected chi connectivity index (χ2v) is 7.78. The predicted molar refractivity (Wildman–Crippen MR) is 99.8 cm³/mol. The zero-order valence-electron chi connectivity index (χ0n) is 16.5. The summed E-state index contributed by atoms with van der Waals surface area (Å²) in [5.41, 5.74) is 0. The highest BCUT2D eigenvalue weighted by molar-refractivity contribution is 5.78. The van der Waals surface area contributed by atoms with Gasteiger partial charge in [-0.2, -0.15) is 0 Å². The topological polar surface area (TPSA) is 71.1 Å². The largest absolute Gasteiger partial charge is 0.466 e. The average molecular weight is 370 g/mol. The van der Waals surface area contributed by atoms with Gasteiger partial charge in [0.1, 0.15) is 0 Å². The quantitative estimate of drug-likeness (QED) is 0.636. The van der Waals surface area contributed by atoms with E-state index < -0.39 is 0 Å². The summed E-state index contributed by atoms with van der Waals surface area (Å²) >= 11 is 0. The monoisotopic (exact) mass is 369 g/mol. The molecule has 0 radical (unpaired) electrons. The number of hydrogen-bond donors (Lipinski definition) is 1. The van der Waals surface area contributed by atoms with Crippen LogP contribution in [-0.4, -0.2) is 86.8 Å². The molecule has 0 bridgehead atoms. The highest BCUT2D eigenvalue weighted by atomic mass is 16.5. The van der Waals surface area contributed by atoms with Crippen molar-refractivity contribution < 1.29 is 19.1 Å². The van der Waals surface area contributed by atoms with Gasteiger partial charge >= 0.3 is 5.97 Å². The van der Waals surface area contributed by atoms with Crippen molar-refractivity contribution in [3.63, 3.8) is 0 Å². The minimum Gasteiger partial charge on any atom is -0.466 e. The van der Waals surface area contributed by atoms with E-state index in [0.29, 0.717) is 32.2 Å².